The van der Waals surface area contributed by atoms with Gasteiger partial charge >= 0.3 is 5.97 Å². The van der Waals surface area contributed by atoms with E-state index in [-0.39, 0.29) is 10.7 Å². The maximum Gasteiger partial charge on any atom is 0.342 e. The van der Waals surface area contributed by atoms with E-state index < -0.39 is 18.0 Å². The summed E-state index contributed by atoms with van der Waals surface area (Å²) in [6.45, 7) is 3.57. The summed E-state index contributed by atoms with van der Waals surface area (Å²) in [5, 5.41) is 2.69. The number of esters is 1. The summed E-state index contributed by atoms with van der Waals surface area (Å²) in [6.07, 6.45) is 2.42. The molecule has 23 heavy (non-hydrogen) atoms. The molecule has 0 aromatic carbocycles. The molecule has 2 heterocycles. The number of pyridine rings is 2. The largest absolute Gasteiger partial charge is 0.449 e. The summed E-state index contributed by atoms with van der Waals surface area (Å²) < 4.78 is 5.24. The van der Waals surface area contributed by atoms with Gasteiger partial charge in [0.1, 0.15) is 11.0 Å². The van der Waals surface area contributed by atoms with Gasteiger partial charge in [-0.05, 0) is 37.1 Å². The number of aryl methyl sites for hydroxylation is 1. The van der Waals surface area contributed by atoms with Crippen molar-refractivity contribution < 1.29 is 14.3 Å². The van der Waals surface area contributed by atoms with Gasteiger partial charge in [0.05, 0.1) is 5.56 Å². The van der Waals surface area contributed by atoms with Gasteiger partial charge in [0.2, 0.25) is 0 Å². The number of hydrogen-bond donors (Lipinski definition) is 1. The summed E-state index contributed by atoms with van der Waals surface area (Å²) in [7, 11) is 0. The van der Waals surface area contributed by atoms with Crippen molar-refractivity contribution in [3.8, 4) is 0 Å². The number of nitrogens with one attached hydrogen (secondary N) is 1. The van der Waals surface area contributed by atoms with Crippen LogP contribution in [0.25, 0.3) is 0 Å². The molecule has 0 aliphatic carbocycles. The summed E-state index contributed by atoms with van der Waals surface area (Å²) in [6, 6.07) is 6.66. The molecule has 0 aliphatic rings. The van der Waals surface area contributed by atoms with Gasteiger partial charge in [-0.3, -0.25) is 4.79 Å². The predicted octanol–water partition coefficient (Wildman–Crippen LogP) is 3.01. The van der Waals surface area contributed by atoms with Crippen LogP contribution >= 0.6 is 11.6 Å². The zero-order chi connectivity index (χ0) is 16.8. The summed E-state index contributed by atoms with van der Waals surface area (Å²) in [5.74, 6) is -0.697. The van der Waals surface area contributed by atoms with E-state index in [1.54, 1.807) is 25.3 Å². The lowest BCUT2D eigenvalue weighted by molar-refractivity contribution is -0.124. The fourth-order valence-electron chi connectivity index (χ4n) is 1.87. The maximum absolute atomic E-state index is 12.3. The lowest BCUT2D eigenvalue weighted by Crippen LogP contribution is -2.32. The molecule has 1 amide bonds. The Balaban J connectivity index is 2.08. The van der Waals surface area contributed by atoms with Gasteiger partial charge in [0, 0.05) is 12.4 Å². The van der Waals surface area contributed by atoms with Crippen molar-refractivity contribution in [3.05, 3.63) is 52.9 Å². The van der Waals surface area contributed by atoms with E-state index in [9.17, 15) is 9.59 Å². The predicted molar refractivity (Wildman–Crippen MR) is 86.3 cm³/mol. The smallest absolute Gasteiger partial charge is 0.342 e. The number of anilines is 1. The summed E-state index contributed by atoms with van der Waals surface area (Å²) in [4.78, 5) is 32.3. The van der Waals surface area contributed by atoms with Crippen molar-refractivity contribution >= 4 is 29.3 Å². The Morgan fingerprint density at radius 1 is 1.26 bits per heavy atom. The third kappa shape index (κ3) is 4.26. The molecule has 2 aromatic heterocycles. The third-order valence-electron chi connectivity index (χ3n) is 3.14. The zero-order valence-corrected chi connectivity index (χ0v) is 13.5. The standard InChI is InChI=1S/C16H16ClN3O3/c1-3-12(15(21)20-14-10(2)6-4-9-19-14)23-16(22)11-7-5-8-18-13(11)17/h4-9,12H,3H2,1-2H3,(H,19,20,21). The minimum Gasteiger partial charge on any atom is -0.449 e. The second-order valence-electron chi connectivity index (χ2n) is 4.80. The molecule has 0 bridgehead atoms. The van der Waals surface area contributed by atoms with Crippen molar-refractivity contribution in [1.29, 1.82) is 0 Å². The van der Waals surface area contributed by atoms with Crippen LogP contribution in [0, 0.1) is 6.92 Å². The topological polar surface area (TPSA) is 81.2 Å². The minimum atomic E-state index is -0.944. The molecule has 0 radical (unpaired) electrons. The number of nitrogens with zero attached hydrogens (tertiary/aromatic N) is 2. The SMILES string of the molecule is CCC(OC(=O)c1cccnc1Cl)C(=O)Nc1ncccc1C. The number of rotatable bonds is 5. The van der Waals surface area contributed by atoms with Crippen molar-refractivity contribution in [3.63, 3.8) is 0 Å². The van der Waals surface area contributed by atoms with Gasteiger partial charge < -0.3 is 10.1 Å². The van der Waals surface area contributed by atoms with Gasteiger partial charge in [-0.15, -0.1) is 0 Å². The molecule has 2 rings (SSSR count). The Hall–Kier alpha value is -2.47. The molecule has 120 valence electrons. The lowest BCUT2D eigenvalue weighted by Gasteiger charge is -2.16. The molecular formula is C16H16ClN3O3. The molecule has 6 nitrogen and oxygen atoms in total. The highest BCUT2D eigenvalue weighted by Crippen LogP contribution is 2.16. The second-order valence-corrected chi connectivity index (χ2v) is 5.16. The first-order valence-corrected chi connectivity index (χ1v) is 7.44. The highest BCUT2D eigenvalue weighted by Gasteiger charge is 2.24. The maximum atomic E-state index is 12.3. The van der Waals surface area contributed by atoms with Gasteiger partial charge in [0.25, 0.3) is 5.91 Å². The van der Waals surface area contributed by atoms with Crippen LogP contribution in [-0.2, 0) is 9.53 Å². The average Bonchev–Trinajstić information content (AvgIpc) is 2.54. The van der Waals surface area contributed by atoms with E-state index in [4.69, 9.17) is 16.3 Å². The Morgan fingerprint density at radius 3 is 2.61 bits per heavy atom. The average molecular weight is 334 g/mol. The Bertz CT molecular complexity index is 721. The number of carbonyl (C=O) groups excluding carboxylic acids is 2. The zero-order valence-electron chi connectivity index (χ0n) is 12.7. The quantitative estimate of drug-likeness (QED) is 0.672. The number of halogens is 1. The summed E-state index contributed by atoms with van der Waals surface area (Å²) in [5.41, 5.74) is 0.937. The number of ether oxygens (including phenoxy) is 1. The van der Waals surface area contributed by atoms with E-state index in [0.29, 0.717) is 12.2 Å². The molecule has 1 N–H and O–H groups in total. The van der Waals surface area contributed by atoms with Crippen LogP contribution in [-0.4, -0.2) is 27.9 Å². The highest BCUT2D eigenvalue weighted by atomic mass is 35.5. The monoisotopic (exact) mass is 333 g/mol. The number of carbonyl (C=O) groups is 2. The van der Waals surface area contributed by atoms with Gasteiger partial charge in [0.15, 0.2) is 6.10 Å². The number of amides is 1. The normalized spacial score (nSPS) is 11.6. The molecule has 0 saturated carbocycles. The van der Waals surface area contributed by atoms with E-state index in [1.165, 1.54) is 12.3 Å². The van der Waals surface area contributed by atoms with E-state index in [0.717, 1.165) is 5.56 Å². The van der Waals surface area contributed by atoms with Crippen LogP contribution in [0.15, 0.2) is 36.7 Å². The van der Waals surface area contributed by atoms with E-state index >= 15 is 0 Å². The second kappa shape index (κ2) is 7.69. The first-order chi connectivity index (χ1) is 11.0. The van der Waals surface area contributed by atoms with Crippen LogP contribution < -0.4 is 5.32 Å². The minimum absolute atomic E-state index is 0.0355. The Kier molecular flexibility index (Phi) is 5.65. The highest BCUT2D eigenvalue weighted by molar-refractivity contribution is 6.32. The molecule has 1 atom stereocenters. The van der Waals surface area contributed by atoms with E-state index in [2.05, 4.69) is 15.3 Å². The van der Waals surface area contributed by atoms with Crippen LogP contribution in [0.2, 0.25) is 5.15 Å². The van der Waals surface area contributed by atoms with Crippen molar-refractivity contribution in [1.82, 2.24) is 9.97 Å². The molecule has 7 heteroatoms. The Morgan fingerprint density at radius 2 is 1.96 bits per heavy atom. The van der Waals surface area contributed by atoms with Crippen molar-refractivity contribution in [2.45, 2.75) is 26.4 Å². The third-order valence-corrected chi connectivity index (χ3v) is 3.44. The molecule has 0 spiro atoms. The van der Waals surface area contributed by atoms with Crippen LogP contribution in [0.4, 0.5) is 5.82 Å². The summed E-state index contributed by atoms with van der Waals surface area (Å²) >= 11 is 5.85. The van der Waals surface area contributed by atoms with Gasteiger partial charge in [-0.25, -0.2) is 14.8 Å². The fraction of sp³-hybridized carbons (Fsp3) is 0.250. The first kappa shape index (κ1) is 16.9. The lowest BCUT2D eigenvalue weighted by atomic mass is 10.2. The Labute approximate surface area is 138 Å². The number of aromatic nitrogens is 2. The van der Waals surface area contributed by atoms with E-state index in [1.807, 2.05) is 13.0 Å². The molecule has 1 unspecified atom stereocenters. The van der Waals surface area contributed by atoms with Crippen LogP contribution in [0.3, 0.4) is 0 Å². The molecule has 0 aliphatic heterocycles. The van der Waals surface area contributed by atoms with Gasteiger partial charge in [-0.2, -0.15) is 0 Å². The van der Waals surface area contributed by atoms with Crippen LogP contribution in [0.5, 0.6) is 0 Å². The first-order valence-electron chi connectivity index (χ1n) is 7.07. The van der Waals surface area contributed by atoms with Gasteiger partial charge in [-0.1, -0.05) is 24.6 Å². The number of hydrogen-bond acceptors (Lipinski definition) is 5. The molecular weight excluding hydrogens is 318 g/mol. The molecule has 0 saturated heterocycles. The van der Waals surface area contributed by atoms with Crippen LogP contribution in [0.1, 0.15) is 29.3 Å². The fourth-order valence-corrected chi connectivity index (χ4v) is 2.06. The van der Waals surface area contributed by atoms with Crippen molar-refractivity contribution in [2.24, 2.45) is 0 Å². The molecule has 0 fully saturated rings. The van der Waals surface area contributed by atoms with Crippen molar-refractivity contribution in [2.75, 3.05) is 5.32 Å². The molecule has 2 aromatic rings.